The molecule has 0 bridgehead atoms. The Balaban J connectivity index is 3.13. The van der Waals surface area contributed by atoms with Crippen molar-refractivity contribution in [3.63, 3.8) is 0 Å². The molecule has 0 aliphatic heterocycles. The van der Waals surface area contributed by atoms with Gasteiger partial charge in [0.2, 0.25) is 5.91 Å². The summed E-state index contributed by atoms with van der Waals surface area (Å²) in [6, 6.07) is 1.67. The first-order valence-electron chi connectivity index (χ1n) is 6.22. The summed E-state index contributed by atoms with van der Waals surface area (Å²) in [4.78, 5) is 21.8. The summed E-state index contributed by atoms with van der Waals surface area (Å²) in [5.74, 6) is -3.28. The van der Waals surface area contributed by atoms with Crippen molar-refractivity contribution < 1.29 is 27.5 Å². The average molecular weight is 317 g/mol. The van der Waals surface area contributed by atoms with E-state index in [0.29, 0.717) is 6.54 Å². The number of aromatic carboxylic acids is 1. The van der Waals surface area contributed by atoms with Gasteiger partial charge in [0.05, 0.1) is 16.2 Å². The van der Waals surface area contributed by atoms with Gasteiger partial charge in [-0.05, 0) is 26.0 Å². The van der Waals surface area contributed by atoms with Gasteiger partial charge in [-0.3, -0.25) is 4.79 Å². The number of sulfone groups is 1. The van der Waals surface area contributed by atoms with E-state index in [2.05, 4.69) is 5.32 Å². The summed E-state index contributed by atoms with van der Waals surface area (Å²) in [7, 11) is -3.95. The monoisotopic (exact) mass is 317 g/mol. The maximum absolute atomic E-state index is 13.6. The summed E-state index contributed by atoms with van der Waals surface area (Å²) in [6.07, 6.45) is -0.269. The zero-order valence-corrected chi connectivity index (χ0v) is 12.5. The number of carbonyl (C=O) groups excluding carboxylic acids is 1. The minimum atomic E-state index is -3.95. The van der Waals surface area contributed by atoms with E-state index in [-0.39, 0.29) is 12.0 Å². The molecule has 2 N–H and O–H groups in total. The number of hydrogen-bond acceptors (Lipinski definition) is 4. The van der Waals surface area contributed by atoms with Gasteiger partial charge in [0, 0.05) is 18.5 Å². The fourth-order valence-electron chi connectivity index (χ4n) is 1.72. The van der Waals surface area contributed by atoms with Crippen molar-refractivity contribution in [1.82, 2.24) is 5.32 Å². The molecule has 8 heteroatoms. The maximum atomic E-state index is 13.6. The highest BCUT2D eigenvalue weighted by Crippen LogP contribution is 2.22. The summed E-state index contributed by atoms with van der Waals surface area (Å²) in [5.41, 5.74) is -0.606. The molecule has 116 valence electrons. The lowest BCUT2D eigenvalue weighted by atomic mass is 10.1. The van der Waals surface area contributed by atoms with Gasteiger partial charge in [-0.1, -0.05) is 0 Å². The summed E-state index contributed by atoms with van der Waals surface area (Å²) in [5, 5.41) is 11.3. The second-order valence-electron chi connectivity index (χ2n) is 4.41. The number of carboxylic acid groups (broad SMARTS) is 1. The largest absolute Gasteiger partial charge is 0.478 e. The van der Waals surface area contributed by atoms with Crippen LogP contribution >= 0.6 is 0 Å². The van der Waals surface area contributed by atoms with Gasteiger partial charge in [-0.2, -0.15) is 0 Å². The van der Waals surface area contributed by atoms with Crippen LogP contribution in [0.2, 0.25) is 0 Å². The molecule has 0 aliphatic carbocycles. The van der Waals surface area contributed by atoms with Crippen LogP contribution in [-0.4, -0.2) is 37.7 Å². The molecule has 1 aromatic carbocycles. The van der Waals surface area contributed by atoms with E-state index in [1.54, 1.807) is 6.92 Å². The van der Waals surface area contributed by atoms with E-state index < -0.39 is 43.7 Å². The molecule has 0 unspecified atom stereocenters. The average Bonchev–Trinajstić information content (AvgIpc) is 2.39. The third kappa shape index (κ3) is 4.25. The van der Waals surface area contributed by atoms with Crippen molar-refractivity contribution in [2.75, 3.05) is 12.3 Å². The highest BCUT2D eigenvalue weighted by molar-refractivity contribution is 7.91. The van der Waals surface area contributed by atoms with Gasteiger partial charge in [0.15, 0.2) is 9.84 Å². The molecule has 0 saturated carbocycles. The van der Waals surface area contributed by atoms with Crippen molar-refractivity contribution in [2.45, 2.75) is 25.2 Å². The topological polar surface area (TPSA) is 101 Å². The number of carbonyl (C=O) groups is 2. The summed E-state index contributed by atoms with van der Waals surface area (Å²) >= 11 is 0. The van der Waals surface area contributed by atoms with Crippen LogP contribution in [0.15, 0.2) is 17.0 Å². The predicted molar refractivity (Wildman–Crippen MR) is 73.4 cm³/mol. The molecule has 0 aliphatic rings. The Kier molecular flexibility index (Phi) is 5.42. The molecule has 0 aromatic heterocycles. The highest BCUT2D eigenvalue weighted by atomic mass is 32.2. The fraction of sp³-hybridized carbons (Fsp3) is 0.385. The zero-order valence-electron chi connectivity index (χ0n) is 11.6. The van der Waals surface area contributed by atoms with E-state index in [4.69, 9.17) is 5.11 Å². The molecule has 0 spiro atoms. The van der Waals surface area contributed by atoms with Crippen LogP contribution in [0.5, 0.6) is 0 Å². The van der Waals surface area contributed by atoms with E-state index in [0.717, 1.165) is 12.1 Å². The van der Waals surface area contributed by atoms with Gasteiger partial charge in [-0.25, -0.2) is 17.6 Å². The third-order valence-electron chi connectivity index (χ3n) is 2.85. The first kappa shape index (κ1) is 17.1. The molecular formula is C13H16FNO5S. The Hall–Kier alpha value is -1.96. The maximum Gasteiger partial charge on any atom is 0.335 e. The Labute approximate surface area is 121 Å². The van der Waals surface area contributed by atoms with Crippen LogP contribution in [-0.2, 0) is 14.6 Å². The molecule has 0 atom stereocenters. The number of benzene rings is 1. The standard InChI is InChI=1S/C13H16FNO5S/c1-3-15-12(16)4-5-21(19,20)11-7-9(13(17)18)6-10(14)8(11)2/h6-7H,3-5H2,1-2H3,(H,15,16)(H,17,18). The lowest BCUT2D eigenvalue weighted by Crippen LogP contribution is -2.25. The minimum absolute atomic E-state index is 0.157. The molecule has 0 radical (unpaired) electrons. The Morgan fingerprint density at radius 2 is 1.95 bits per heavy atom. The van der Waals surface area contributed by atoms with Crippen molar-refractivity contribution in [2.24, 2.45) is 0 Å². The van der Waals surface area contributed by atoms with Crippen molar-refractivity contribution >= 4 is 21.7 Å². The quantitative estimate of drug-likeness (QED) is 0.819. The zero-order chi connectivity index (χ0) is 16.2. The molecule has 1 amide bonds. The normalized spacial score (nSPS) is 11.2. The Morgan fingerprint density at radius 1 is 1.33 bits per heavy atom. The van der Waals surface area contributed by atoms with Crippen molar-refractivity contribution in [3.05, 3.63) is 29.1 Å². The Morgan fingerprint density at radius 3 is 2.48 bits per heavy atom. The molecule has 1 aromatic rings. The molecule has 0 heterocycles. The molecular weight excluding hydrogens is 301 g/mol. The van der Waals surface area contributed by atoms with Crippen LogP contribution in [0.4, 0.5) is 4.39 Å². The van der Waals surface area contributed by atoms with Crippen LogP contribution in [0, 0.1) is 12.7 Å². The number of hydrogen-bond donors (Lipinski definition) is 2. The summed E-state index contributed by atoms with van der Waals surface area (Å²) in [6.45, 7) is 3.32. The van der Waals surface area contributed by atoms with Crippen molar-refractivity contribution in [3.8, 4) is 0 Å². The van der Waals surface area contributed by atoms with Crippen molar-refractivity contribution in [1.29, 1.82) is 0 Å². The molecule has 0 saturated heterocycles. The second-order valence-corrected chi connectivity index (χ2v) is 6.49. The minimum Gasteiger partial charge on any atom is -0.478 e. The number of halogens is 1. The van der Waals surface area contributed by atoms with E-state index in [9.17, 15) is 22.4 Å². The third-order valence-corrected chi connectivity index (χ3v) is 4.69. The second kappa shape index (κ2) is 6.66. The molecule has 1 rings (SSSR count). The molecule has 6 nitrogen and oxygen atoms in total. The predicted octanol–water partition coefficient (Wildman–Crippen LogP) is 1.13. The number of rotatable bonds is 6. The van der Waals surface area contributed by atoms with Crippen LogP contribution < -0.4 is 5.32 Å². The van der Waals surface area contributed by atoms with E-state index >= 15 is 0 Å². The fourth-order valence-corrected chi connectivity index (χ4v) is 3.27. The Bertz CT molecular complexity index is 669. The van der Waals surface area contributed by atoms with Crippen LogP contribution in [0.3, 0.4) is 0 Å². The molecule has 21 heavy (non-hydrogen) atoms. The van der Waals surface area contributed by atoms with Gasteiger partial charge in [-0.15, -0.1) is 0 Å². The first-order valence-corrected chi connectivity index (χ1v) is 7.87. The number of nitrogens with one attached hydrogen (secondary N) is 1. The van der Waals surface area contributed by atoms with Gasteiger partial charge < -0.3 is 10.4 Å². The first-order chi connectivity index (χ1) is 9.69. The SMILES string of the molecule is CCNC(=O)CCS(=O)(=O)c1cc(C(=O)O)cc(F)c1C. The lowest BCUT2D eigenvalue weighted by molar-refractivity contribution is -0.120. The molecule has 0 fully saturated rings. The van der Waals surface area contributed by atoms with E-state index in [1.165, 1.54) is 6.92 Å². The highest BCUT2D eigenvalue weighted by Gasteiger charge is 2.22. The summed E-state index contributed by atoms with van der Waals surface area (Å²) < 4.78 is 37.9. The lowest BCUT2D eigenvalue weighted by Gasteiger charge is -2.10. The number of amides is 1. The van der Waals surface area contributed by atoms with E-state index in [1.807, 2.05) is 0 Å². The van der Waals surface area contributed by atoms with Gasteiger partial charge in [0.1, 0.15) is 5.82 Å². The number of carboxylic acids is 1. The van der Waals surface area contributed by atoms with Crippen LogP contribution in [0.25, 0.3) is 0 Å². The van der Waals surface area contributed by atoms with Gasteiger partial charge >= 0.3 is 5.97 Å². The van der Waals surface area contributed by atoms with Gasteiger partial charge in [0.25, 0.3) is 0 Å². The smallest absolute Gasteiger partial charge is 0.335 e. The van der Waals surface area contributed by atoms with Crippen LogP contribution in [0.1, 0.15) is 29.3 Å².